The van der Waals surface area contributed by atoms with Crippen molar-refractivity contribution in [1.82, 2.24) is 5.32 Å². The highest BCUT2D eigenvalue weighted by atomic mass is 16.5. The summed E-state index contributed by atoms with van der Waals surface area (Å²) in [6, 6.07) is 2.66. The molecule has 0 aliphatic carbocycles. The van der Waals surface area contributed by atoms with Gasteiger partial charge in [-0.25, -0.2) is 4.79 Å². The third kappa shape index (κ3) is 3.55. The van der Waals surface area contributed by atoms with Crippen LogP contribution in [0.4, 0.5) is 5.69 Å². The van der Waals surface area contributed by atoms with E-state index >= 15 is 0 Å². The van der Waals surface area contributed by atoms with E-state index in [-0.39, 0.29) is 28.5 Å². The maximum atomic E-state index is 12.1. The summed E-state index contributed by atoms with van der Waals surface area (Å²) in [5.74, 6) is -2.18. The van der Waals surface area contributed by atoms with Crippen LogP contribution in [0.15, 0.2) is 12.1 Å². The van der Waals surface area contributed by atoms with Crippen LogP contribution in [-0.4, -0.2) is 37.0 Å². The second kappa shape index (κ2) is 6.46. The van der Waals surface area contributed by atoms with E-state index in [0.717, 1.165) is 0 Å². The third-order valence-corrected chi connectivity index (χ3v) is 2.98. The molecule has 0 saturated heterocycles. The van der Waals surface area contributed by atoms with E-state index in [1.165, 1.54) is 26.3 Å². The first-order valence-electron chi connectivity index (χ1n) is 6.61. The van der Waals surface area contributed by atoms with Gasteiger partial charge in [0.15, 0.2) is 0 Å². The number of amides is 2. The van der Waals surface area contributed by atoms with Crippen LogP contribution >= 0.6 is 0 Å². The van der Waals surface area contributed by atoms with Crippen LogP contribution in [0.3, 0.4) is 0 Å². The molecule has 0 heterocycles. The van der Waals surface area contributed by atoms with Gasteiger partial charge in [0.05, 0.1) is 12.8 Å². The number of nitrogens with one attached hydrogen (secondary N) is 2. The Morgan fingerprint density at radius 2 is 1.77 bits per heavy atom. The lowest BCUT2D eigenvalue weighted by Crippen LogP contribution is -2.30. The lowest BCUT2D eigenvalue weighted by Gasteiger charge is -2.20. The van der Waals surface area contributed by atoms with Gasteiger partial charge in [-0.15, -0.1) is 0 Å². The summed E-state index contributed by atoms with van der Waals surface area (Å²) in [5, 5.41) is 14.2. The van der Waals surface area contributed by atoms with E-state index < -0.39 is 17.3 Å². The monoisotopic (exact) mass is 308 g/mol. The molecule has 1 aromatic carbocycles. The summed E-state index contributed by atoms with van der Waals surface area (Å²) >= 11 is 0. The minimum absolute atomic E-state index is 0.0255. The van der Waals surface area contributed by atoms with Gasteiger partial charge in [0, 0.05) is 12.5 Å². The Labute approximate surface area is 128 Å². The largest absolute Gasteiger partial charge is 0.495 e. The van der Waals surface area contributed by atoms with Crippen LogP contribution in [-0.2, 0) is 4.79 Å². The van der Waals surface area contributed by atoms with Gasteiger partial charge in [0.25, 0.3) is 5.91 Å². The van der Waals surface area contributed by atoms with Crippen molar-refractivity contribution in [2.24, 2.45) is 5.41 Å². The summed E-state index contributed by atoms with van der Waals surface area (Å²) in [6.45, 7) is 5.18. The molecule has 0 aliphatic rings. The zero-order valence-corrected chi connectivity index (χ0v) is 13.2. The van der Waals surface area contributed by atoms with Gasteiger partial charge in [-0.05, 0) is 12.1 Å². The summed E-state index contributed by atoms with van der Waals surface area (Å²) in [7, 11) is 2.67. The first kappa shape index (κ1) is 17.5. The number of aromatic carboxylic acids is 1. The van der Waals surface area contributed by atoms with Crippen LogP contribution in [0.5, 0.6) is 5.75 Å². The van der Waals surface area contributed by atoms with Crippen molar-refractivity contribution in [2.75, 3.05) is 19.5 Å². The fourth-order valence-electron chi connectivity index (χ4n) is 1.73. The van der Waals surface area contributed by atoms with Gasteiger partial charge >= 0.3 is 5.97 Å². The number of hydrogen-bond donors (Lipinski definition) is 3. The number of anilines is 1. The van der Waals surface area contributed by atoms with Gasteiger partial charge in [-0.1, -0.05) is 20.8 Å². The van der Waals surface area contributed by atoms with E-state index in [2.05, 4.69) is 10.6 Å². The number of rotatable bonds is 4. The van der Waals surface area contributed by atoms with Gasteiger partial charge < -0.3 is 20.5 Å². The molecule has 120 valence electrons. The highest BCUT2D eigenvalue weighted by molar-refractivity contribution is 6.09. The van der Waals surface area contributed by atoms with E-state index in [1.54, 1.807) is 20.8 Å². The van der Waals surface area contributed by atoms with E-state index in [4.69, 9.17) is 4.74 Å². The fourth-order valence-corrected chi connectivity index (χ4v) is 1.73. The fraction of sp³-hybridized carbons (Fsp3) is 0.400. The summed E-state index contributed by atoms with van der Waals surface area (Å²) in [6.07, 6.45) is 0. The second-order valence-electron chi connectivity index (χ2n) is 5.66. The zero-order chi connectivity index (χ0) is 17.1. The number of ether oxygens (including phenoxy) is 1. The van der Waals surface area contributed by atoms with Crippen molar-refractivity contribution in [3.05, 3.63) is 23.3 Å². The van der Waals surface area contributed by atoms with E-state index in [0.29, 0.717) is 0 Å². The smallest absolute Gasteiger partial charge is 0.339 e. The molecule has 0 atom stereocenters. The van der Waals surface area contributed by atoms with Crippen LogP contribution < -0.4 is 15.4 Å². The van der Waals surface area contributed by atoms with Crippen LogP contribution in [0, 0.1) is 5.41 Å². The first-order valence-corrected chi connectivity index (χ1v) is 6.61. The van der Waals surface area contributed by atoms with Crippen LogP contribution in [0.2, 0.25) is 0 Å². The van der Waals surface area contributed by atoms with Crippen LogP contribution in [0.25, 0.3) is 0 Å². The number of carbonyl (C=O) groups excluding carboxylic acids is 2. The molecule has 7 heteroatoms. The number of methoxy groups -OCH3 is 1. The van der Waals surface area contributed by atoms with E-state index in [9.17, 15) is 19.5 Å². The Kier molecular flexibility index (Phi) is 5.14. The normalized spacial score (nSPS) is 10.8. The Hall–Kier alpha value is -2.57. The van der Waals surface area contributed by atoms with Crippen molar-refractivity contribution in [2.45, 2.75) is 20.8 Å². The Morgan fingerprint density at radius 3 is 2.18 bits per heavy atom. The molecule has 2 amide bonds. The summed E-state index contributed by atoms with van der Waals surface area (Å²) < 4.78 is 5.08. The van der Waals surface area contributed by atoms with E-state index in [1.807, 2.05) is 0 Å². The Morgan fingerprint density at radius 1 is 1.18 bits per heavy atom. The molecule has 0 radical (unpaired) electrons. The highest BCUT2D eigenvalue weighted by Crippen LogP contribution is 2.32. The number of benzene rings is 1. The van der Waals surface area contributed by atoms with Crippen molar-refractivity contribution in [3.63, 3.8) is 0 Å². The number of carboxylic acid groups (broad SMARTS) is 1. The van der Waals surface area contributed by atoms with Gasteiger partial charge in [0.1, 0.15) is 16.9 Å². The molecule has 0 aromatic heterocycles. The lowest BCUT2D eigenvalue weighted by molar-refractivity contribution is -0.123. The molecule has 0 aliphatic heterocycles. The van der Waals surface area contributed by atoms with Gasteiger partial charge in [0.2, 0.25) is 5.91 Å². The number of carboxylic acids is 1. The van der Waals surface area contributed by atoms with Crippen molar-refractivity contribution >= 4 is 23.5 Å². The summed E-state index contributed by atoms with van der Waals surface area (Å²) in [5.41, 5.74) is -0.656. The molecule has 0 fully saturated rings. The zero-order valence-electron chi connectivity index (χ0n) is 13.2. The Balaban J connectivity index is 3.49. The molecule has 0 unspecified atom stereocenters. The third-order valence-electron chi connectivity index (χ3n) is 2.98. The summed E-state index contributed by atoms with van der Waals surface area (Å²) in [4.78, 5) is 35.4. The molecular formula is C15H20N2O5. The minimum Gasteiger partial charge on any atom is -0.495 e. The second-order valence-corrected chi connectivity index (χ2v) is 5.66. The first-order chi connectivity index (χ1) is 10.1. The maximum absolute atomic E-state index is 12.1. The molecule has 0 saturated carbocycles. The SMILES string of the molecule is CNC(=O)c1c(NC(=O)C(C)(C)C)ccc(C(=O)O)c1OC. The number of hydrogen-bond acceptors (Lipinski definition) is 4. The molecule has 7 nitrogen and oxygen atoms in total. The quantitative estimate of drug-likeness (QED) is 0.786. The van der Waals surface area contributed by atoms with Crippen molar-refractivity contribution in [1.29, 1.82) is 0 Å². The molecule has 3 N–H and O–H groups in total. The van der Waals surface area contributed by atoms with Crippen molar-refractivity contribution in [3.8, 4) is 5.75 Å². The van der Waals surface area contributed by atoms with Crippen LogP contribution in [0.1, 0.15) is 41.5 Å². The average Bonchev–Trinajstić information content (AvgIpc) is 2.44. The standard InChI is InChI=1S/C15H20N2O5/c1-15(2,3)14(21)17-9-7-6-8(13(19)20)11(22-5)10(9)12(18)16-4/h6-7H,1-5H3,(H,16,18)(H,17,21)(H,19,20). The molecule has 22 heavy (non-hydrogen) atoms. The van der Waals surface area contributed by atoms with Gasteiger partial charge in [-0.3, -0.25) is 9.59 Å². The predicted octanol–water partition coefficient (Wildman–Crippen LogP) is 1.74. The molecular weight excluding hydrogens is 288 g/mol. The van der Waals surface area contributed by atoms with Crippen molar-refractivity contribution < 1.29 is 24.2 Å². The maximum Gasteiger partial charge on any atom is 0.339 e. The molecule has 0 spiro atoms. The Bertz CT molecular complexity index is 617. The highest BCUT2D eigenvalue weighted by Gasteiger charge is 2.27. The number of carbonyl (C=O) groups is 3. The molecule has 1 rings (SSSR count). The average molecular weight is 308 g/mol. The topological polar surface area (TPSA) is 105 Å². The molecule has 0 bridgehead atoms. The predicted molar refractivity (Wildman–Crippen MR) is 81.4 cm³/mol. The minimum atomic E-state index is -1.23. The van der Waals surface area contributed by atoms with Gasteiger partial charge in [-0.2, -0.15) is 0 Å². The molecule has 1 aromatic rings. The lowest BCUT2D eigenvalue weighted by atomic mass is 9.95.